The standard InChI is InChI=1S/C18H21N3O3/c22-17(23)14-6-8-15(9-7-14)20-18-19-11-10-16(21-18)24-12-13-4-2-1-3-5-13/h1-5,10-11,14-15H,6-9,12H2,(H,22,23)(H,19,20,21). The molecule has 1 heterocycles. The number of aliphatic carboxylic acids is 1. The van der Waals surface area contributed by atoms with Crippen molar-refractivity contribution in [2.75, 3.05) is 5.32 Å². The first-order valence-corrected chi connectivity index (χ1v) is 8.20. The van der Waals surface area contributed by atoms with Crippen LogP contribution in [0.25, 0.3) is 0 Å². The van der Waals surface area contributed by atoms with Crippen molar-refractivity contribution >= 4 is 11.9 Å². The summed E-state index contributed by atoms with van der Waals surface area (Å²) in [5.41, 5.74) is 1.08. The van der Waals surface area contributed by atoms with Crippen molar-refractivity contribution in [2.24, 2.45) is 5.92 Å². The zero-order valence-corrected chi connectivity index (χ0v) is 13.4. The summed E-state index contributed by atoms with van der Waals surface area (Å²) in [5, 5.41) is 12.3. The van der Waals surface area contributed by atoms with Crippen molar-refractivity contribution in [2.45, 2.75) is 38.3 Å². The SMILES string of the molecule is O=C(O)C1CCC(Nc2nccc(OCc3ccccc3)n2)CC1. The number of ether oxygens (including phenoxy) is 1. The van der Waals surface area contributed by atoms with E-state index in [1.165, 1.54) is 0 Å². The highest BCUT2D eigenvalue weighted by atomic mass is 16.5. The minimum Gasteiger partial charge on any atom is -0.481 e. The Labute approximate surface area is 140 Å². The Bertz CT molecular complexity index is 670. The average molecular weight is 327 g/mol. The van der Waals surface area contributed by atoms with Gasteiger partial charge in [0.15, 0.2) is 0 Å². The third-order valence-corrected chi connectivity index (χ3v) is 4.27. The molecule has 0 bridgehead atoms. The lowest BCUT2D eigenvalue weighted by molar-refractivity contribution is -0.142. The molecule has 0 spiro atoms. The predicted molar refractivity (Wildman–Crippen MR) is 89.8 cm³/mol. The lowest BCUT2D eigenvalue weighted by Crippen LogP contribution is -2.29. The second-order valence-corrected chi connectivity index (χ2v) is 6.02. The Balaban J connectivity index is 1.53. The van der Waals surface area contributed by atoms with Crippen molar-refractivity contribution in [1.29, 1.82) is 0 Å². The van der Waals surface area contributed by atoms with Gasteiger partial charge in [-0.15, -0.1) is 0 Å². The van der Waals surface area contributed by atoms with E-state index in [-0.39, 0.29) is 12.0 Å². The summed E-state index contributed by atoms with van der Waals surface area (Å²) in [6.07, 6.45) is 4.68. The van der Waals surface area contributed by atoms with Gasteiger partial charge in [0, 0.05) is 18.3 Å². The van der Waals surface area contributed by atoms with E-state index in [2.05, 4.69) is 15.3 Å². The molecule has 1 saturated carbocycles. The van der Waals surface area contributed by atoms with E-state index in [4.69, 9.17) is 9.84 Å². The average Bonchev–Trinajstić information content (AvgIpc) is 2.62. The maximum absolute atomic E-state index is 11.0. The number of hydrogen-bond donors (Lipinski definition) is 2. The van der Waals surface area contributed by atoms with Gasteiger partial charge in [-0.1, -0.05) is 30.3 Å². The van der Waals surface area contributed by atoms with E-state index in [1.807, 2.05) is 30.3 Å². The third-order valence-electron chi connectivity index (χ3n) is 4.27. The first-order chi connectivity index (χ1) is 11.7. The fourth-order valence-corrected chi connectivity index (χ4v) is 2.89. The smallest absolute Gasteiger partial charge is 0.306 e. The minimum atomic E-state index is -0.694. The molecule has 126 valence electrons. The van der Waals surface area contributed by atoms with Crippen molar-refractivity contribution in [3.05, 3.63) is 48.2 Å². The number of carboxylic acid groups (broad SMARTS) is 1. The number of nitrogens with one attached hydrogen (secondary N) is 1. The van der Waals surface area contributed by atoms with Crippen LogP contribution in [-0.2, 0) is 11.4 Å². The summed E-state index contributed by atoms with van der Waals surface area (Å²) in [4.78, 5) is 19.6. The Hall–Kier alpha value is -2.63. The van der Waals surface area contributed by atoms with E-state index in [0.29, 0.717) is 31.3 Å². The van der Waals surface area contributed by atoms with Crippen LogP contribution in [0.5, 0.6) is 5.88 Å². The van der Waals surface area contributed by atoms with Crippen LogP contribution in [0, 0.1) is 5.92 Å². The Kier molecular flexibility index (Phi) is 5.25. The fraction of sp³-hybridized carbons (Fsp3) is 0.389. The molecule has 24 heavy (non-hydrogen) atoms. The molecule has 1 aromatic carbocycles. The summed E-state index contributed by atoms with van der Waals surface area (Å²) in [6.45, 7) is 0.459. The number of carbonyl (C=O) groups is 1. The summed E-state index contributed by atoms with van der Waals surface area (Å²) in [6, 6.07) is 11.9. The van der Waals surface area contributed by atoms with Crippen LogP contribution in [0.1, 0.15) is 31.2 Å². The number of rotatable bonds is 6. The lowest BCUT2D eigenvalue weighted by atomic mass is 9.86. The number of nitrogens with zero attached hydrogens (tertiary/aromatic N) is 2. The van der Waals surface area contributed by atoms with Gasteiger partial charge in [0.05, 0.1) is 5.92 Å². The molecule has 2 N–H and O–H groups in total. The van der Waals surface area contributed by atoms with Gasteiger partial charge >= 0.3 is 5.97 Å². The van der Waals surface area contributed by atoms with Crippen LogP contribution in [-0.4, -0.2) is 27.1 Å². The van der Waals surface area contributed by atoms with Gasteiger partial charge < -0.3 is 15.2 Å². The van der Waals surface area contributed by atoms with Gasteiger partial charge in [-0.05, 0) is 31.2 Å². The third kappa shape index (κ3) is 4.44. The molecule has 1 fully saturated rings. The van der Waals surface area contributed by atoms with Crippen molar-refractivity contribution in [3.63, 3.8) is 0 Å². The van der Waals surface area contributed by atoms with Crippen LogP contribution < -0.4 is 10.1 Å². The van der Waals surface area contributed by atoms with Gasteiger partial charge in [0.25, 0.3) is 0 Å². The molecule has 6 heteroatoms. The van der Waals surface area contributed by atoms with Gasteiger partial charge in [-0.2, -0.15) is 4.98 Å². The second kappa shape index (κ2) is 7.77. The van der Waals surface area contributed by atoms with Crippen LogP contribution in [0.2, 0.25) is 0 Å². The highest BCUT2D eigenvalue weighted by Crippen LogP contribution is 2.26. The van der Waals surface area contributed by atoms with Gasteiger partial charge in [0.2, 0.25) is 11.8 Å². The molecule has 0 radical (unpaired) electrons. The van der Waals surface area contributed by atoms with E-state index in [9.17, 15) is 4.79 Å². The summed E-state index contributed by atoms with van der Waals surface area (Å²) >= 11 is 0. The molecule has 0 aliphatic heterocycles. The lowest BCUT2D eigenvalue weighted by Gasteiger charge is -2.26. The molecule has 6 nitrogen and oxygen atoms in total. The van der Waals surface area contributed by atoms with E-state index < -0.39 is 5.97 Å². The zero-order chi connectivity index (χ0) is 16.8. The van der Waals surface area contributed by atoms with Crippen LogP contribution in [0.15, 0.2) is 42.6 Å². The van der Waals surface area contributed by atoms with Gasteiger partial charge in [-0.3, -0.25) is 4.79 Å². The zero-order valence-electron chi connectivity index (χ0n) is 13.4. The molecule has 0 atom stereocenters. The highest BCUT2D eigenvalue weighted by Gasteiger charge is 2.26. The maximum atomic E-state index is 11.0. The van der Waals surface area contributed by atoms with E-state index >= 15 is 0 Å². The van der Waals surface area contributed by atoms with Crippen LogP contribution >= 0.6 is 0 Å². The normalized spacial score (nSPS) is 20.3. The molecule has 0 unspecified atom stereocenters. The monoisotopic (exact) mass is 327 g/mol. The molecule has 1 aromatic heterocycles. The molecule has 0 saturated heterocycles. The molecular formula is C18H21N3O3. The Morgan fingerprint density at radius 3 is 2.62 bits per heavy atom. The Morgan fingerprint density at radius 1 is 1.17 bits per heavy atom. The first kappa shape index (κ1) is 16.2. The quantitative estimate of drug-likeness (QED) is 0.848. The molecule has 2 aromatic rings. The molecular weight excluding hydrogens is 306 g/mol. The van der Waals surface area contributed by atoms with Crippen molar-refractivity contribution in [1.82, 2.24) is 9.97 Å². The summed E-state index contributed by atoms with van der Waals surface area (Å²) in [5.74, 6) is 0.139. The van der Waals surface area contributed by atoms with Crippen molar-refractivity contribution < 1.29 is 14.6 Å². The number of aromatic nitrogens is 2. The molecule has 3 rings (SSSR count). The largest absolute Gasteiger partial charge is 0.481 e. The van der Waals surface area contributed by atoms with E-state index in [1.54, 1.807) is 12.3 Å². The molecule has 0 amide bonds. The number of anilines is 1. The summed E-state index contributed by atoms with van der Waals surface area (Å²) in [7, 11) is 0. The van der Waals surface area contributed by atoms with Crippen LogP contribution in [0.4, 0.5) is 5.95 Å². The Morgan fingerprint density at radius 2 is 1.92 bits per heavy atom. The number of benzene rings is 1. The van der Waals surface area contributed by atoms with E-state index in [0.717, 1.165) is 18.4 Å². The summed E-state index contributed by atoms with van der Waals surface area (Å²) < 4.78 is 5.70. The second-order valence-electron chi connectivity index (χ2n) is 6.02. The first-order valence-electron chi connectivity index (χ1n) is 8.20. The van der Waals surface area contributed by atoms with Crippen LogP contribution in [0.3, 0.4) is 0 Å². The predicted octanol–water partition coefficient (Wildman–Crippen LogP) is 3.11. The van der Waals surface area contributed by atoms with Crippen molar-refractivity contribution in [3.8, 4) is 5.88 Å². The molecule has 1 aliphatic carbocycles. The maximum Gasteiger partial charge on any atom is 0.306 e. The molecule has 1 aliphatic rings. The van der Waals surface area contributed by atoms with Gasteiger partial charge in [-0.25, -0.2) is 4.98 Å². The highest BCUT2D eigenvalue weighted by molar-refractivity contribution is 5.70. The number of hydrogen-bond acceptors (Lipinski definition) is 5. The number of carboxylic acids is 1. The topological polar surface area (TPSA) is 84.3 Å². The fourth-order valence-electron chi connectivity index (χ4n) is 2.89. The van der Waals surface area contributed by atoms with Gasteiger partial charge in [0.1, 0.15) is 6.61 Å². The minimum absolute atomic E-state index is 0.213.